The van der Waals surface area contributed by atoms with E-state index in [0.29, 0.717) is 0 Å². The van der Waals surface area contributed by atoms with Crippen molar-refractivity contribution in [3.8, 4) is 0 Å². The molecule has 0 rings (SSSR count). The first-order valence-corrected chi connectivity index (χ1v) is 15.2. The van der Waals surface area contributed by atoms with Crippen LogP contribution in [0.25, 0.3) is 0 Å². The van der Waals surface area contributed by atoms with Crippen molar-refractivity contribution >= 4 is 36.9 Å². The van der Waals surface area contributed by atoms with Gasteiger partial charge in [0, 0.05) is 64.0 Å². The van der Waals surface area contributed by atoms with Gasteiger partial charge in [0.2, 0.25) is 10.5 Å². The first-order chi connectivity index (χ1) is 14.1. The van der Waals surface area contributed by atoms with E-state index in [-0.39, 0.29) is 0 Å². The topological polar surface area (TPSA) is 92.3 Å². The molecular weight excluding hydrogens is 465 g/mol. The third-order valence-corrected chi connectivity index (χ3v) is 16.4. The van der Waals surface area contributed by atoms with E-state index in [1.54, 1.807) is 64.0 Å². The molecule has 10 nitrogen and oxygen atoms in total. The quantitative estimate of drug-likeness (QED) is 0.289. The third-order valence-electron chi connectivity index (χ3n) is 6.36. The van der Waals surface area contributed by atoms with Gasteiger partial charge in [0.25, 0.3) is 0 Å². The standard InChI is InChI=1S/C16H39O10Si4/c1-13(28(17-4,18-5)19-6)16(26-27,14(2)29(20-7,21-8)22-9)15(3)30(23-10,24-11)25-12/h13-15H,1-12H3. The van der Waals surface area contributed by atoms with Crippen LogP contribution in [0.1, 0.15) is 20.8 Å². The van der Waals surface area contributed by atoms with Crippen LogP contribution in [0.2, 0.25) is 16.6 Å². The monoisotopic (exact) mass is 503 g/mol. The van der Waals surface area contributed by atoms with Crippen molar-refractivity contribution < 1.29 is 44.3 Å². The molecule has 0 aliphatic carbocycles. The Hall–Kier alpha value is 0.468. The number of rotatable bonds is 16. The summed E-state index contributed by atoms with van der Waals surface area (Å²) >= 11 is 0. The summed E-state index contributed by atoms with van der Waals surface area (Å²) in [5.74, 6) is 0. The van der Waals surface area contributed by atoms with Gasteiger partial charge >= 0.3 is 26.4 Å². The van der Waals surface area contributed by atoms with Crippen LogP contribution in [-0.2, 0) is 44.3 Å². The number of hydrogen-bond donors (Lipinski definition) is 0. The van der Waals surface area contributed by atoms with Gasteiger partial charge in [-0.05, 0) is 0 Å². The average molecular weight is 504 g/mol. The maximum atomic E-state index is 6.15. The van der Waals surface area contributed by atoms with Gasteiger partial charge in [-0.1, -0.05) is 20.8 Å². The molecule has 179 valence electrons. The normalized spacial score (nSPS) is 18.7. The minimum Gasteiger partial charge on any atom is -0.412 e. The van der Waals surface area contributed by atoms with Crippen molar-refractivity contribution in [2.45, 2.75) is 43.0 Å². The molecule has 0 N–H and O–H groups in total. The van der Waals surface area contributed by atoms with Gasteiger partial charge < -0.3 is 44.3 Å². The second-order valence-electron chi connectivity index (χ2n) is 6.77. The second kappa shape index (κ2) is 12.6. The van der Waals surface area contributed by atoms with Crippen molar-refractivity contribution in [1.29, 1.82) is 0 Å². The fourth-order valence-corrected chi connectivity index (χ4v) is 14.0. The van der Waals surface area contributed by atoms with Crippen LogP contribution in [0.15, 0.2) is 0 Å². The highest BCUT2D eigenvalue weighted by Gasteiger charge is 2.71. The largest absolute Gasteiger partial charge is 0.506 e. The minimum absolute atomic E-state index is 0.466. The molecule has 0 aromatic rings. The molecule has 14 heteroatoms. The minimum atomic E-state index is -3.28. The summed E-state index contributed by atoms with van der Waals surface area (Å²) in [4.78, 5) is 0. The highest BCUT2D eigenvalue weighted by molar-refractivity contribution is 6.67. The van der Waals surface area contributed by atoms with Crippen molar-refractivity contribution in [3.63, 3.8) is 0 Å². The molecule has 0 bridgehead atoms. The third kappa shape index (κ3) is 4.86. The van der Waals surface area contributed by atoms with Crippen LogP contribution in [-0.4, -0.2) is 106 Å². The predicted octanol–water partition coefficient (Wildman–Crippen LogP) is 1.63. The molecule has 3 unspecified atom stereocenters. The Bertz CT molecular complexity index is 399. The van der Waals surface area contributed by atoms with E-state index < -0.39 is 48.6 Å². The van der Waals surface area contributed by atoms with Crippen LogP contribution < -0.4 is 0 Å². The smallest absolute Gasteiger partial charge is 0.412 e. The highest BCUT2D eigenvalue weighted by Crippen LogP contribution is 2.56. The molecule has 0 aromatic heterocycles. The highest BCUT2D eigenvalue weighted by atomic mass is 28.4. The van der Waals surface area contributed by atoms with Gasteiger partial charge in [-0.3, -0.25) is 0 Å². The van der Waals surface area contributed by atoms with E-state index in [0.717, 1.165) is 0 Å². The summed E-state index contributed by atoms with van der Waals surface area (Å²) < 4.78 is 58.5. The van der Waals surface area contributed by atoms with Crippen molar-refractivity contribution in [2.24, 2.45) is 0 Å². The van der Waals surface area contributed by atoms with Crippen LogP contribution in [0, 0.1) is 0 Å². The lowest BCUT2D eigenvalue weighted by molar-refractivity contribution is -0.0257. The zero-order valence-electron chi connectivity index (χ0n) is 20.3. The molecule has 0 spiro atoms. The van der Waals surface area contributed by atoms with Crippen LogP contribution in [0.5, 0.6) is 0 Å². The first kappa shape index (κ1) is 30.5. The van der Waals surface area contributed by atoms with Gasteiger partial charge in [-0.25, -0.2) is 0 Å². The molecule has 0 aliphatic rings. The summed E-state index contributed by atoms with van der Waals surface area (Å²) in [6, 6.07) is 0. The summed E-state index contributed by atoms with van der Waals surface area (Å²) in [7, 11) is 7.42. The Morgan fingerprint density at radius 3 is 0.733 bits per heavy atom. The zero-order chi connectivity index (χ0) is 23.8. The molecule has 0 fully saturated rings. The first-order valence-electron chi connectivity index (χ1n) is 9.38. The molecule has 3 radical (unpaired) electrons. The molecule has 0 saturated carbocycles. The van der Waals surface area contributed by atoms with Gasteiger partial charge in [0.05, 0.1) is 22.2 Å². The fraction of sp³-hybridized carbons (Fsp3) is 1.00. The summed E-state index contributed by atoms with van der Waals surface area (Å²) in [5.41, 5.74) is -2.54. The summed E-state index contributed by atoms with van der Waals surface area (Å²) in [6.45, 7) is 5.78. The van der Waals surface area contributed by atoms with Gasteiger partial charge in [0.1, 0.15) is 0 Å². The predicted molar refractivity (Wildman–Crippen MR) is 118 cm³/mol. The lowest BCUT2D eigenvalue weighted by atomic mass is 9.92. The fourth-order valence-electron chi connectivity index (χ4n) is 4.56. The molecule has 3 atom stereocenters. The van der Waals surface area contributed by atoms with E-state index in [1.807, 2.05) is 20.8 Å². The molecule has 0 aliphatic heterocycles. The SMILES string of the molecule is CO[Si](OC)(OC)C(C)C(O[Si])(C(C)[Si](OC)(OC)OC)C(C)[Si](OC)(OC)OC. The number of hydrogen-bond acceptors (Lipinski definition) is 10. The molecule has 0 heterocycles. The van der Waals surface area contributed by atoms with Crippen LogP contribution in [0.4, 0.5) is 0 Å². The van der Waals surface area contributed by atoms with Crippen molar-refractivity contribution in [1.82, 2.24) is 0 Å². The van der Waals surface area contributed by atoms with Gasteiger partial charge in [-0.2, -0.15) is 0 Å². The molecule has 0 saturated heterocycles. The van der Waals surface area contributed by atoms with Crippen molar-refractivity contribution in [3.05, 3.63) is 0 Å². The van der Waals surface area contributed by atoms with Crippen molar-refractivity contribution in [2.75, 3.05) is 64.0 Å². The lowest BCUT2D eigenvalue weighted by Crippen LogP contribution is -2.68. The second-order valence-corrected chi connectivity index (χ2v) is 16.9. The maximum Gasteiger partial charge on any atom is 0.506 e. The Morgan fingerprint density at radius 1 is 0.467 bits per heavy atom. The molecule has 0 aromatic carbocycles. The Labute approximate surface area is 188 Å². The Balaban J connectivity index is 7.15. The molecule has 0 amide bonds. The Kier molecular flexibility index (Phi) is 12.8. The average Bonchev–Trinajstić information content (AvgIpc) is 2.79. The summed E-state index contributed by atoms with van der Waals surface area (Å²) in [6.07, 6.45) is 0. The maximum absolute atomic E-state index is 6.15. The van der Waals surface area contributed by atoms with Crippen LogP contribution >= 0.6 is 0 Å². The van der Waals surface area contributed by atoms with Gasteiger partial charge in [0.15, 0.2) is 0 Å². The molecule has 30 heavy (non-hydrogen) atoms. The van der Waals surface area contributed by atoms with E-state index in [4.69, 9.17) is 44.3 Å². The zero-order valence-corrected chi connectivity index (χ0v) is 24.3. The van der Waals surface area contributed by atoms with E-state index in [1.165, 1.54) is 0 Å². The van der Waals surface area contributed by atoms with Gasteiger partial charge in [-0.15, -0.1) is 0 Å². The van der Waals surface area contributed by atoms with Crippen LogP contribution in [0.3, 0.4) is 0 Å². The lowest BCUT2D eigenvalue weighted by Gasteiger charge is -2.54. The summed E-state index contributed by atoms with van der Waals surface area (Å²) in [5, 5.41) is 0. The van der Waals surface area contributed by atoms with E-state index in [2.05, 4.69) is 10.5 Å². The van der Waals surface area contributed by atoms with E-state index >= 15 is 0 Å². The Morgan fingerprint density at radius 2 is 0.633 bits per heavy atom. The molecular formula is C16H39O10Si4. The van der Waals surface area contributed by atoms with E-state index in [9.17, 15) is 0 Å².